The molecule has 0 amide bonds. The fourth-order valence-electron chi connectivity index (χ4n) is 4.58. The van der Waals surface area contributed by atoms with Gasteiger partial charge in [-0.15, -0.1) is 0 Å². The highest BCUT2D eigenvalue weighted by Crippen LogP contribution is 2.51. The molecular weight excluding hydrogens is 345 g/mol. The fourth-order valence-corrected chi connectivity index (χ4v) is 4.58. The van der Waals surface area contributed by atoms with E-state index in [0.717, 1.165) is 37.9 Å². The summed E-state index contributed by atoms with van der Waals surface area (Å²) in [5.41, 5.74) is 11.9. The summed E-state index contributed by atoms with van der Waals surface area (Å²) in [5, 5.41) is 0. The number of rotatable bonds is 6. The van der Waals surface area contributed by atoms with Gasteiger partial charge in [0.05, 0.1) is 5.69 Å². The summed E-state index contributed by atoms with van der Waals surface area (Å²) in [5.74, 6) is 2.03. The second-order valence-corrected chi connectivity index (χ2v) is 7.73. The number of nitrogen functional groups attached to an aromatic ring is 1. The number of piperidine rings is 1. The Morgan fingerprint density at radius 3 is 2.63 bits per heavy atom. The zero-order chi connectivity index (χ0) is 19.1. The van der Waals surface area contributed by atoms with Gasteiger partial charge in [-0.05, 0) is 60.9 Å². The Bertz CT molecular complexity index is 886. The molecule has 4 atom stereocenters. The number of anilines is 1. The minimum absolute atomic E-state index is 0.152. The second kappa shape index (κ2) is 7.05. The van der Waals surface area contributed by atoms with Gasteiger partial charge in [0.15, 0.2) is 0 Å². The zero-order valence-electron chi connectivity index (χ0n) is 15.5. The van der Waals surface area contributed by atoms with Crippen molar-refractivity contribution in [3.63, 3.8) is 0 Å². The lowest BCUT2D eigenvalue weighted by Gasteiger charge is -2.29. The van der Waals surface area contributed by atoms with Crippen LogP contribution < -0.4 is 17.2 Å². The summed E-state index contributed by atoms with van der Waals surface area (Å²) in [6.07, 6.45) is 3.16. The van der Waals surface area contributed by atoms with Gasteiger partial charge in [-0.3, -0.25) is 9.47 Å². The summed E-state index contributed by atoms with van der Waals surface area (Å²) in [6, 6.07) is 6.78. The van der Waals surface area contributed by atoms with E-state index in [1.165, 1.54) is 22.9 Å². The van der Waals surface area contributed by atoms with Crippen LogP contribution in [0, 0.1) is 23.6 Å². The summed E-state index contributed by atoms with van der Waals surface area (Å²) in [7, 11) is 0. The highest BCUT2D eigenvalue weighted by Gasteiger charge is 2.55. The van der Waals surface area contributed by atoms with Crippen molar-refractivity contribution in [2.45, 2.75) is 25.8 Å². The lowest BCUT2D eigenvalue weighted by Crippen LogP contribution is -2.37. The van der Waals surface area contributed by atoms with Crippen molar-refractivity contribution in [3.8, 4) is 5.69 Å². The largest absolute Gasteiger partial charge is 0.383 e. The molecule has 144 valence electrons. The molecule has 1 aliphatic heterocycles. The van der Waals surface area contributed by atoms with E-state index in [9.17, 15) is 9.18 Å². The lowest BCUT2D eigenvalue weighted by molar-refractivity contribution is 0.200. The Hall–Kier alpha value is -2.25. The number of fused-ring (bicyclic) bond motifs is 1. The number of nitrogens with zero attached hydrogens (tertiary/aromatic N) is 3. The highest BCUT2D eigenvalue weighted by molar-refractivity contribution is 5.37. The van der Waals surface area contributed by atoms with Crippen LogP contribution in [0.5, 0.6) is 0 Å². The SMILES string of the molecule is CCC(Cc1ccc(-n2ccc(N)nc2=O)cc1F)N1C[C@@H]2C(CN)[C@@H]2C1. The summed E-state index contributed by atoms with van der Waals surface area (Å²) < 4.78 is 16.0. The molecule has 2 unspecified atom stereocenters. The summed E-state index contributed by atoms with van der Waals surface area (Å²) in [6.45, 7) is 5.10. The molecule has 7 heteroatoms. The first-order valence-electron chi connectivity index (χ1n) is 9.60. The van der Waals surface area contributed by atoms with E-state index < -0.39 is 5.69 Å². The molecule has 1 aromatic carbocycles. The average molecular weight is 371 g/mol. The molecule has 0 bridgehead atoms. The maximum Gasteiger partial charge on any atom is 0.354 e. The van der Waals surface area contributed by atoms with Gasteiger partial charge >= 0.3 is 5.69 Å². The van der Waals surface area contributed by atoms with Crippen LogP contribution in [0.15, 0.2) is 35.3 Å². The van der Waals surface area contributed by atoms with Gasteiger partial charge in [0, 0.05) is 25.3 Å². The third kappa shape index (κ3) is 3.37. The molecule has 2 heterocycles. The monoisotopic (exact) mass is 371 g/mol. The molecule has 2 aliphatic rings. The molecule has 0 spiro atoms. The molecule has 1 saturated carbocycles. The van der Waals surface area contributed by atoms with Crippen LogP contribution in [0.1, 0.15) is 18.9 Å². The van der Waals surface area contributed by atoms with E-state index in [0.29, 0.717) is 29.6 Å². The number of hydrogen-bond acceptors (Lipinski definition) is 5. The van der Waals surface area contributed by atoms with Crippen molar-refractivity contribution in [1.29, 1.82) is 0 Å². The number of benzene rings is 1. The first-order chi connectivity index (χ1) is 13.0. The van der Waals surface area contributed by atoms with Crippen LogP contribution in [0.2, 0.25) is 0 Å². The number of aromatic nitrogens is 2. The predicted octanol–water partition coefficient (Wildman–Crippen LogP) is 1.41. The Kier molecular flexibility index (Phi) is 4.74. The highest BCUT2D eigenvalue weighted by atomic mass is 19.1. The Balaban J connectivity index is 1.48. The first-order valence-corrected chi connectivity index (χ1v) is 9.60. The van der Waals surface area contributed by atoms with Crippen molar-refractivity contribution >= 4 is 5.82 Å². The van der Waals surface area contributed by atoms with Gasteiger partial charge in [0.25, 0.3) is 0 Å². The molecule has 1 aromatic heterocycles. The van der Waals surface area contributed by atoms with Gasteiger partial charge in [0.1, 0.15) is 11.6 Å². The van der Waals surface area contributed by atoms with E-state index in [2.05, 4.69) is 16.8 Å². The van der Waals surface area contributed by atoms with Gasteiger partial charge in [0.2, 0.25) is 0 Å². The first kappa shape index (κ1) is 18.1. The number of hydrogen-bond donors (Lipinski definition) is 2. The van der Waals surface area contributed by atoms with Crippen molar-refractivity contribution in [1.82, 2.24) is 14.5 Å². The van der Waals surface area contributed by atoms with Crippen LogP contribution in [0.4, 0.5) is 10.2 Å². The molecule has 4 N–H and O–H groups in total. The van der Waals surface area contributed by atoms with E-state index in [1.54, 1.807) is 12.1 Å². The van der Waals surface area contributed by atoms with Gasteiger partial charge in [-0.2, -0.15) is 4.98 Å². The van der Waals surface area contributed by atoms with Crippen molar-refractivity contribution in [2.75, 3.05) is 25.4 Å². The Labute approximate surface area is 158 Å². The van der Waals surface area contributed by atoms with Crippen molar-refractivity contribution < 1.29 is 4.39 Å². The molecule has 1 aliphatic carbocycles. The molecule has 2 fully saturated rings. The smallest absolute Gasteiger partial charge is 0.354 e. The fraction of sp³-hybridized carbons (Fsp3) is 0.500. The van der Waals surface area contributed by atoms with E-state index in [1.807, 2.05) is 0 Å². The topological polar surface area (TPSA) is 90.2 Å². The van der Waals surface area contributed by atoms with E-state index in [-0.39, 0.29) is 11.6 Å². The number of halogens is 1. The van der Waals surface area contributed by atoms with Crippen LogP contribution in [-0.2, 0) is 6.42 Å². The molecule has 1 saturated heterocycles. The van der Waals surface area contributed by atoms with Gasteiger partial charge < -0.3 is 11.5 Å². The Morgan fingerprint density at radius 1 is 1.30 bits per heavy atom. The number of likely N-dealkylation sites (tertiary alicyclic amines) is 1. The van der Waals surface area contributed by atoms with Crippen LogP contribution in [0.25, 0.3) is 5.69 Å². The second-order valence-electron chi connectivity index (χ2n) is 7.73. The van der Waals surface area contributed by atoms with Gasteiger partial charge in [-0.1, -0.05) is 13.0 Å². The molecule has 2 aromatic rings. The zero-order valence-corrected chi connectivity index (χ0v) is 15.5. The summed E-state index contributed by atoms with van der Waals surface area (Å²) >= 11 is 0. The predicted molar refractivity (Wildman–Crippen MR) is 103 cm³/mol. The molecule has 27 heavy (non-hydrogen) atoms. The third-order valence-corrected chi connectivity index (χ3v) is 6.25. The standard InChI is InChI=1S/C20H26FN5O/c1-2-13(25-10-16-15(9-22)17(16)11-25)7-12-3-4-14(8-18(12)21)26-6-5-19(23)24-20(26)27/h3-6,8,13,15-17H,2,7,9-11,22H2,1H3,(H2,23,24,27)/t13?,15?,16-,17+. The normalized spacial score (nSPS) is 25.4. The maximum absolute atomic E-state index is 14.7. The molecule has 0 radical (unpaired) electrons. The molecule has 6 nitrogen and oxygen atoms in total. The third-order valence-electron chi connectivity index (χ3n) is 6.25. The number of nitrogens with two attached hydrogens (primary N) is 2. The van der Waals surface area contributed by atoms with E-state index in [4.69, 9.17) is 11.5 Å². The van der Waals surface area contributed by atoms with E-state index >= 15 is 0 Å². The van der Waals surface area contributed by atoms with Gasteiger partial charge in [-0.25, -0.2) is 9.18 Å². The molecule has 4 rings (SSSR count). The van der Waals surface area contributed by atoms with Crippen molar-refractivity contribution in [2.24, 2.45) is 23.5 Å². The minimum Gasteiger partial charge on any atom is -0.383 e. The minimum atomic E-state index is -0.515. The van der Waals surface area contributed by atoms with Crippen molar-refractivity contribution in [3.05, 3.63) is 52.3 Å². The average Bonchev–Trinajstić information content (AvgIpc) is 3.12. The lowest BCUT2D eigenvalue weighted by atomic mass is 10.0. The maximum atomic E-state index is 14.7. The quantitative estimate of drug-likeness (QED) is 0.801. The summed E-state index contributed by atoms with van der Waals surface area (Å²) in [4.78, 5) is 18.1. The van der Waals surface area contributed by atoms with Crippen LogP contribution in [-0.4, -0.2) is 40.1 Å². The Morgan fingerprint density at radius 2 is 2.04 bits per heavy atom. The van der Waals surface area contributed by atoms with Crippen LogP contribution in [0.3, 0.4) is 0 Å². The molecular formula is C20H26FN5O. The van der Waals surface area contributed by atoms with Crippen LogP contribution >= 0.6 is 0 Å².